The van der Waals surface area contributed by atoms with E-state index in [1.165, 1.54) is 0 Å². The molecule has 166 valence electrons. The minimum atomic E-state index is 0. The van der Waals surface area contributed by atoms with Crippen molar-refractivity contribution in [2.24, 2.45) is 12.0 Å². The van der Waals surface area contributed by atoms with Gasteiger partial charge in [0.05, 0.1) is 16.6 Å². The average molecular weight is 557 g/mol. The molecule has 1 atom stereocenters. The van der Waals surface area contributed by atoms with Gasteiger partial charge in [0.15, 0.2) is 11.6 Å². The molecule has 10 nitrogen and oxygen atoms in total. The van der Waals surface area contributed by atoms with E-state index in [0.29, 0.717) is 18.1 Å². The summed E-state index contributed by atoms with van der Waals surface area (Å²) in [6.07, 6.45) is 6.07. The average Bonchev–Trinajstić information content (AvgIpc) is 3.38. The largest absolute Gasteiger partial charge is 0.368 e. The molecule has 3 aromatic heterocycles. The minimum Gasteiger partial charge on any atom is -0.368 e. The van der Waals surface area contributed by atoms with Gasteiger partial charge >= 0.3 is 0 Å². The van der Waals surface area contributed by atoms with Gasteiger partial charge in [-0.1, -0.05) is 11.6 Å². The van der Waals surface area contributed by atoms with Crippen molar-refractivity contribution < 1.29 is 0 Å². The van der Waals surface area contributed by atoms with Crippen molar-refractivity contribution in [3.63, 3.8) is 0 Å². The zero-order valence-corrected chi connectivity index (χ0v) is 20.5. The minimum absolute atomic E-state index is 0. The molecule has 3 aromatic rings. The van der Waals surface area contributed by atoms with Crippen LogP contribution in [0.15, 0.2) is 35.8 Å². The third-order valence-electron chi connectivity index (χ3n) is 5.03. The van der Waals surface area contributed by atoms with Crippen LogP contribution < -0.4 is 20.9 Å². The molecule has 1 aliphatic rings. The molecular formula is C19H26ClIN10. The van der Waals surface area contributed by atoms with E-state index in [4.69, 9.17) is 11.6 Å². The molecule has 31 heavy (non-hydrogen) atoms. The van der Waals surface area contributed by atoms with Crippen molar-refractivity contribution in [2.45, 2.75) is 12.5 Å². The SMILES string of the molecule is CN=C(NCCNc1ncnc2c1cnn2C)NC1CCN(c2ncccc2Cl)C1.I. The normalized spacial score (nSPS) is 16.3. The zero-order valence-electron chi connectivity index (χ0n) is 17.4. The number of halogens is 2. The van der Waals surface area contributed by atoms with Crippen molar-refractivity contribution >= 4 is 64.2 Å². The van der Waals surface area contributed by atoms with Crippen LogP contribution >= 0.6 is 35.6 Å². The van der Waals surface area contributed by atoms with Crippen molar-refractivity contribution in [2.75, 3.05) is 43.4 Å². The molecule has 1 aliphatic heterocycles. The van der Waals surface area contributed by atoms with E-state index in [9.17, 15) is 0 Å². The first-order valence-electron chi connectivity index (χ1n) is 9.85. The third-order valence-corrected chi connectivity index (χ3v) is 5.33. The van der Waals surface area contributed by atoms with Gasteiger partial charge in [0, 0.05) is 52.5 Å². The summed E-state index contributed by atoms with van der Waals surface area (Å²) in [5.41, 5.74) is 0.803. The molecule has 0 amide bonds. The first kappa shape index (κ1) is 23.3. The van der Waals surface area contributed by atoms with Gasteiger partial charge in [0.2, 0.25) is 0 Å². The Kier molecular flexibility index (Phi) is 8.07. The Morgan fingerprint density at radius 1 is 1.29 bits per heavy atom. The van der Waals surface area contributed by atoms with Crippen LogP contribution in [0.1, 0.15) is 6.42 Å². The maximum atomic E-state index is 6.28. The van der Waals surface area contributed by atoms with Crippen molar-refractivity contribution in [3.8, 4) is 0 Å². The first-order valence-corrected chi connectivity index (χ1v) is 10.2. The molecule has 1 fully saturated rings. The first-order chi connectivity index (χ1) is 14.7. The topological polar surface area (TPSA) is 108 Å². The Morgan fingerprint density at radius 2 is 2.16 bits per heavy atom. The number of hydrogen-bond donors (Lipinski definition) is 3. The molecule has 4 rings (SSSR count). The van der Waals surface area contributed by atoms with E-state index in [1.54, 1.807) is 30.5 Å². The van der Waals surface area contributed by atoms with Crippen LogP contribution in [0.4, 0.5) is 11.6 Å². The standard InChI is InChI=1S/C19H25ClN10.HI/c1-21-19(28-13-5-9-30(11-13)18-15(20)4-3-6-23-18)24-8-7-22-16-14-10-27-29(2)17(14)26-12-25-16;/h3-4,6,10,12-13H,5,7-9,11H2,1-2H3,(H2,21,24,28)(H,22,25,26);1H. The number of guanidine groups is 1. The fourth-order valence-corrected chi connectivity index (χ4v) is 3.77. The van der Waals surface area contributed by atoms with E-state index in [2.05, 4.69) is 45.9 Å². The fraction of sp³-hybridized carbons (Fsp3) is 0.421. The monoisotopic (exact) mass is 556 g/mol. The van der Waals surface area contributed by atoms with Gasteiger partial charge in [0.25, 0.3) is 0 Å². The lowest BCUT2D eigenvalue weighted by Gasteiger charge is -2.20. The van der Waals surface area contributed by atoms with Crippen LogP contribution in [0, 0.1) is 0 Å². The van der Waals surface area contributed by atoms with Crippen molar-refractivity contribution in [3.05, 3.63) is 35.9 Å². The predicted molar refractivity (Wildman–Crippen MR) is 135 cm³/mol. The second kappa shape index (κ2) is 10.8. The molecule has 0 bridgehead atoms. The highest BCUT2D eigenvalue weighted by molar-refractivity contribution is 14.0. The Hall–Kier alpha value is -2.41. The summed E-state index contributed by atoms with van der Waals surface area (Å²) in [5, 5.41) is 16.0. The van der Waals surface area contributed by atoms with E-state index in [0.717, 1.165) is 48.1 Å². The van der Waals surface area contributed by atoms with Crippen molar-refractivity contribution in [1.29, 1.82) is 0 Å². The molecule has 0 radical (unpaired) electrons. The summed E-state index contributed by atoms with van der Waals surface area (Å²) in [7, 11) is 3.64. The van der Waals surface area contributed by atoms with Crippen LogP contribution in [0.3, 0.4) is 0 Å². The molecular weight excluding hydrogens is 531 g/mol. The molecule has 0 aromatic carbocycles. The maximum absolute atomic E-state index is 6.28. The predicted octanol–water partition coefficient (Wildman–Crippen LogP) is 1.89. The Morgan fingerprint density at radius 3 is 2.97 bits per heavy atom. The van der Waals surface area contributed by atoms with E-state index < -0.39 is 0 Å². The van der Waals surface area contributed by atoms with E-state index in [-0.39, 0.29) is 30.0 Å². The summed E-state index contributed by atoms with van der Waals surface area (Å²) < 4.78 is 1.73. The highest BCUT2D eigenvalue weighted by Crippen LogP contribution is 2.25. The number of nitrogens with one attached hydrogen (secondary N) is 3. The highest BCUT2D eigenvalue weighted by Gasteiger charge is 2.25. The van der Waals surface area contributed by atoms with Gasteiger partial charge in [0.1, 0.15) is 18.0 Å². The number of aromatic nitrogens is 5. The zero-order chi connectivity index (χ0) is 20.9. The summed E-state index contributed by atoms with van der Waals surface area (Å²) in [6.45, 7) is 3.10. The van der Waals surface area contributed by atoms with E-state index >= 15 is 0 Å². The Labute approximate surface area is 202 Å². The smallest absolute Gasteiger partial charge is 0.191 e. The number of pyridine rings is 1. The van der Waals surface area contributed by atoms with Gasteiger partial charge in [-0.2, -0.15) is 5.10 Å². The second-order valence-corrected chi connectivity index (χ2v) is 7.45. The number of nitrogens with zero attached hydrogens (tertiary/aromatic N) is 7. The maximum Gasteiger partial charge on any atom is 0.191 e. The summed E-state index contributed by atoms with van der Waals surface area (Å²) in [4.78, 5) is 19.5. The lowest BCUT2D eigenvalue weighted by molar-refractivity contribution is 0.650. The molecule has 0 saturated carbocycles. The van der Waals surface area contributed by atoms with Gasteiger partial charge in [-0.3, -0.25) is 9.67 Å². The van der Waals surface area contributed by atoms with Crippen molar-refractivity contribution in [1.82, 2.24) is 35.4 Å². The molecule has 1 unspecified atom stereocenters. The Balaban J connectivity index is 0.00000272. The summed E-state index contributed by atoms with van der Waals surface area (Å²) in [5.74, 6) is 2.38. The lowest BCUT2D eigenvalue weighted by atomic mass is 10.3. The third kappa shape index (κ3) is 5.45. The molecule has 3 N–H and O–H groups in total. The van der Waals surface area contributed by atoms with Gasteiger partial charge in [-0.25, -0.2) is 15.0 Å². The lowest BCUT2D eigenvalue weighted by Crippen LogP contribution is -2.45. The summed E-state index contributed by atoms with van der Waals surface area (Å²) >= 11 is 6.28. The van der Waals surface area contributed by atoms with Crippen LogP contribution in [0.5, 0.6) is 0 Å². The number of hydrogen-bond acceptors (Lipinski definition) is 7. The van der Waals surface area contributed by atoms with Gasteiger partial charge in [-0.05, 0) is 18.6 Å². The molecule has 12 heteroatoms. The van der Waals surface area contributed by atoms with Crippen LogP contribution in [0.25, 0.3) is 11.0 Å². The quantitative estimate of drug-likeness (QED) is 0.183. The van der Waals surface area contributed by atoms with Gasteiger partial charge in [-0.15, -0.1) is 24.0 Å². The van der Waals surface area contributed by atoms with E-state index in [1.807, 2.05) is 19.2 Å². The number of anilines is 2. The molecule has 0 aliphatic carbocycles. The number of rotatable bonds is 6. The second-order valence-electron chi connectivity index (χ2n) is 7.04. The highest BCUT2D eigenvalue weighted by atomic mass is 127. The van der Waals surface area contributed by atoms with Crippen LogP contribution in [-0.4, -0.2) is 70.0 Å². The molecule has 1 saturated heterocycles. The molecule has 0 spiro atoms. The van der Waals surface area contributed by atoms with Gasteiger partial charge < -0.3 is 20.9 Å². The Bertz CT molecular complexity index is 1040. The molecule has 4 heterocycles. The van der Waals surface area contributed by atoms with Crippen LogP contribution in [0.2, 0.25) is 5.02 Å². The summed E-state index contributed by atoms with van der Waals surface area (Å²) in [6, 6.07) is 3.99. The number of fused-ring (bicyclic) bond motifs is 1. The number of aliphatic imine (C=N–C) groups is 1. The van der Waals surface area contributed by atoms with Crippen LogP contribution in [-0.2, 0) is 7.05 Å². The fourth-order valence-electron chi connectivity index (χ4n) is 3.53. The number of aryl methyl sites for hydroxylation is 1.